The van der Waals surface area contributed by atoms with Gasteiger partial charge in [0.25, 0.3) is 5.91 Å². The lowest BCUT2D eigenvalue weighted by molar-refractivity contribution is 0.0729. The molecule has 0 aliphatic rings. The van der Waals surface area contributed by atoms with Crippen LogP contribution in [0.1, 0.15) is 37.6 Å². The summed E-state index contributed by atoms with van der Waals surface area (Å²) in [4.78, 5) is 14.3. The third kappa shape index (κ3) is 3.49. The lowest BCUT2D eigenvalue weighted by Gasteiger charge is -2.27. The van der Waals surface area contributed by atoms with Gasteiger partial charge in [-0.1, -0.05) is 26.0 Å². The largest absolute Gasteiger partial charge is 0.387 e. The molecule has 0 fully saturated rings. The van der Waals surface area contributed by atoms with Gasteiger partial charge in [-0.3, -0.25) is 4.79 Å². The number of amides is 1. The molecule has 1 aromatic carbocycles. The van der Waals surface area contributed by atoms with Crippen molar-refractivity contribution in [3.8, 4) is 0 Å². The number of benzene rings is 1. The lowest BCUT2D eigenvalue weighted by atomic mass is 10.0. The lowest BCUT2D eigenvalue weighted by Crippen LogP contribution is -2.36. The van der Waals surface area contributed by atoms with Gasteiger partial charge in [0.1, 0.15) is 0 Å². The van der Waals surface area contributed by atoms with Crippen molar-refractivity contribution in [1.29, 1.82) is 0 Å². The van der Waals surface area contributed by atoms with E-state index < -0.39 is 0 Å². The predicted molar refractivity (Wildman–Crippen MR) is 77.0 cm³/mol. The van der Waals surface area contributed by atoms with Crippen LogP contribution in [0.3, 0.4) is 0 Å². The highest BCUT2D eigenvalue weighted by molar-refractivity contribution is 5.99. The van der Waals surface area contributed by atoms with Crippen LogP contribution in [0.15, 0.2) is 24.3 Å². The minimum atomic E-state index is 0.0769. The first kappa shape index (κ1) is 14.6. The molecule has 3 heteroatoms. The summed E-state index contributed by atoms with van der Waals surface area (Å²) in [5.41, 5.74) is 1.62. The Labute approximate surface area is 110 Å². The fourth-order valence-electron chi connectivity index (χ4n) is 2.12. The highest BCUT2D eigenvalue weighted by Gasteiger charge is 2.20. The number of anilines is 1. The minimum Gasteiger partial charge on any atom is -0.387 e. The van der Waals surface area contributed by atoms with Crippen LogP contribution >= 0.6 is 0 Å². The molecular formula is C15H24N2O. The van der Waals surface area contributed by atoms with E-state index in [-0.39, 0.29) is 11.9 Å². The zero-order valence-corrected chi connectivity index (χ0v) is 12.0. The van der Waals surface area contributed by atoms with E-state index in [1.54, 1.807) is 0 Å². The molecule has 3 nitrogen and oxygen atoms in total. The molecule has 100 valence electrons. The van der Waals surface area contributed by atoms with Gasteiger partial charge in [0.05, 0.1) is 5.56 Å². The van der Waals surface area contributed by atoms with Gasteiger partial charge in [0.15, 0.2) is 0 Å². The molecule has 18 heavy (non-hydrogen) atoms. The third-order valence-corrected chi connectivity index (χ3v) is 3.22. The Morgan fingerprint density at radius 2 is 1.89 bits per heavy atom. The average molecular weight is 248 g/mol. The normalized spacial score (nSPS) is 12.3. The number of para-hydroxylation sites is 1. The Kier molecular flexibility index (Phi) is 5.20. The number of carbonyl (C=O) groups excluding carboxylic acids is 1. The molecule has 0 aliphatic heterocycles. The molecule has 1 N–H and O–H groups in total. The van der Waals surface area contributed by atoms with Crippen LogP contribution < -0.4 is 5.32 Å². The molecule has 0 spiro atoms. The minimum absolute atomic E-state index is 0.0769. The Morgan fingerprint density at radius 1 is 1.28 bits per heavy atom. The molecule has 0 radical (unpaired) electrons. The van der Waals surface area contributed by atoms with Crippen molar-refractivity contribution in [2.75, 3.05) is 19.4 Å². The third-order valence-electron chi connectivity index (χ3n) is 3.22. The van der Waals surface area contributed by atoms with Crippen LogP contribution in [-0.2, 0) is 0 Å². The van der Waals surface area contributed by atoms with Crippen molar-refractivity contribution < 1.29 is 4.79 Å². The van der Waals surface area contributed by atoms with Crippen molar-refractivity contribution in [3.05, 3.63) is 29.8 Å². The second-order valence-electron chi connectivity index (χ2n) is 5.19. The maximum absolute atomic E-state index is 12.4. The second kappa shape index (κ2) is 6.43. The molecule has 0 bridgehead atoms. The van der Waals surface area contributed by atoms with Gasteiger partial charge in [-0.25, -0.2) is 0 Å². The number of rotatable bonds is 5. The zero-order valence-electron chi connectivity index (χ0n) is 12.0. The van der Waals surface area contributed by atoms with Crippen molar-refractivity contribution in [3.63, 3.8) is 0 Å². The van der Waals surface area contributed by atoms with E-state index in [0.717, 1.165) is 17.7 Å². The molecule has 1 atom stereocenters. The van der Waals surface area contributed by atoms with E-state index in [4.69, 9.17) is 0 Å². The van der Waals surface area contributed by atoms with Gasteiger partial charge in [0, 0.05) is 25.8 Å². The maximum Gasteiger partial charge on any atom is 0.255 e. The second-order valence-corrected chi connectivity index (χ2v) is 5.19. The number of carbonyl (C=O) groups is 1. The van der Waals surface area contributed by atoms with E-state index in [2.05, 4.69) is 26.1 Å². The average Bonchev–Trinajstić information content (AvgIpc) is 2.36. The van der Waals surface area contributed by atoms with Crippen LogP contribution in [0.5, 0.6) is 0 Å². The first-order valence-electron chi connectivity index (χ1n) is 6.51. The van der Waals surface area contributed by atoms with Crippen molar-refractivity contribution >= 4 is 11.6 Å². The van der Waals surface area contributed by atoms with Crippen LogP contribution in [0.25, 0.3) is 0 Å². The van der Waals surface area contributed by atoms with E-state index in [0.29, 0.717) is 5.92 Å². The topological polar surface area (TPSA) is 32.3 Å². The molecule has 0 aliphatic carbocycles. The van der Waals surface area contributed by atoms with E-state index >= 15 is 0 Å². The first-order chi connectivity index (χ1) is 8.47. The molecule has 0 aromatic heterocycles. The van der Waals surface area contributed by atoms with Crippen molar-refractivity contribution in [2.24, 2.45) is 5.92 Å². The van der Waals surface area contributed by atoms with Crippen molar-refractivity contribution in [1.82, 2.24) is 4.90 Å². The molecule has 1 amide bonds. The summed E-state index contributed by atoms with van der Waals surface area (Å²) in [5, 5.41) is 3.06. The Bertz CT molecular complexity index is 401. The summed E-state index contributed by atoms with van der Waals surface area (Å²) in [6, 6.07) is 7.87. The highest BCUT2D eigenvalue weighted by Crippen LogP contribution is 2.18. The number of hydrogen-bond acceptors (Lipinski definition) is 2. The smallest absolute Gasteiger partial charge is 0.255 e. The van der Waals surface area contributed by atoms with Crippen LogP contribution in [0, 0.1) is 5.92 Å². The molecule has 1 unspecified atom stereocenters. The summed E-state index contributed by atoms with van der Waals surface area (Å²) in [5.74, 6) is 0.669. The number of nitrogens with one attached hydrogen (secondary N) is 1. The van der Waals surface area contributed by atoms with E-state index in [1.807, 2.05) is 43.3 Å². The molecular weight excluding hydrogens is 224 g/mol. The Hall–Kier alpha value is -1.51. The Morgan fingerprint density at radius 3 is 2.44 bits per heavy atom. The van der Waals surface area contributed by atoms with Crippen LogP contribution in [0.4, 0.5) is 5.69 Å². The summed E-state index contributed by atoms with van der Waals surface area (Å²) < 4.78 is 0. The van der Waals surface area contributed by atoms with Crippen LogP contribution in [0.2, 0.25) is 0 Å². The molecule has 0 heterocycles. The molecule has 0 saturated carbocycles. The van der Waals surface area contributed by atoms with Gasteiger partial charge in [-0.2, -0.15) is 0 Å². The highest BCUT2D eigenvalue weighted by atomic mass is 16.2. The first-order valence-corrected chi connectivity index (χ1v) is 6.51. The molecule has 0 saturated heterocycles. The Balaban J connectivity index is 2.86. The quantitative estimate of drug-likeness (QED) is 0.867. The summed E-state index contributed by atoms with van der Waals surface area (Å²) in [6.07, 6.45) is 1.02. The zero-order chi connectivity index (χ0) is 13.7. The van der Waals surface area contributed by atoms with Gasteiger partial charge < -0.3 is 10.2 Å². The van der Waals surface area contributed by atoms with Crippen molar-refractivity contribution in [2.45, 2.75) is 33.2 Å². The van der Waals surface area contributed by atoms with E-state index in [1.165, 1.54) is 0 Å². The van der Waals surface area contributed by atoms with Gasteiger partial charge in [-0.15, -0.1) is 0 Å². The molecule has 1 rings (SSSR count). The number of hydrogen-bond donors (Lipinski definition) is 1. The molecule has 1 aromatic rings. The van der Waals surface area contributed by atoms with Crippen LogP contribution in [-0.4, -0.2) is 30.9 Å². The fourth-order valence-corrected chi connectivity index (χ4v) is 2.12. The number of nitrogens with zero attached hydrogens (tertiary/aromatic N) is 1. The standard InChI is InChI=1S/C15H24N2O/c1-11(2)10-12(3)17(5)15(18)13-8-6-7-9-14(13)16-4/h6-9,11-12,16H,10H2,1-5H3. The fraction of sp³-hybridized carbons (Fsp3) is 0.533. The summed E-state index contributed by atoms with van der Waals surface area (Å²) in [6.45, 7) is 6.45. The van der Waals surface area contributed by atoms with Gasteiger partial charge in [-0.05, 0) is 31.4 Å². The van der Waals surface area contributed by atoms with Gasteiger partial charge in [0.2, 0.25) is 0 Å². The summed E-state index contributed by atoms with van der Waals surface area (Å²) in [7, 11) is 3.71. The maximum atomic E-state index is 12.4. The van der Waals surface area contributed by atoms with Gasteiger partial charge >= 0.3 is 0 Å². The summed E-state index contributed by atoms with van der Waals surface area (Å²) >= 11 is 0. The SMILES string of the molecule is CNc1ccccc1C(=O)N(C)C(C)CC(C)C. The predicted octanol–water partition coefficient (Wildman–Crippen LogP) is 3.23. The monoisotopic (exact) mass is 248 g/mol. The van der Waals surface area contributed by atoms with E-state index in [9.17, 15) is 4.79 Å².